The van der Waals surface area contributed by atoms with E-state index in [0.717, 1.165) is 0 Å². The molecular formula is C26H33F3N8O. The maximum atomic E-state index is 14.1. The van der Waals surface area contributed by atoms with E-state index in [0.29, 0.717) is 92.1 Å². The topological polar surface area (TPSA) is 82.3 Å². The van der Waals surface area contributed by atoms with Gasteiger partial charge in [-0.05, 0) is 56.5 Å². The molecule has 5 rings (SSSR count). The number of hydrogen-bond donors (Lipinski definition) is 2. The van der Waals surface area contributed by atoms with Gasteiger partial charge in [-0.3, -0.25) is 0 Å². The van der Waals surface area contributed by atoms with Crippen LogP contribution in [0.5, 0.6) is 0 Å². The van der Waals surface area contributed by atoms with Crippen molar-refractivity contribution in [2.45, 2.75) is 31.9 Å². The third kappa shape index (κ3) is 5.41. The van der Waals surface area contributed by atoms with Gasteiger partial charge in [-0.25, -0.2) is 9.98 Å². The van der Waals surface area contributed by atoms with E-state index >= 15 is 0 Å². The van der Waals surface area contributed by atoms with Crippen molar-refractivity contribution in [1.29, 1.82) is 0 Å². The Hall–Kier alpha value is -3.38. The van der Waals surface area contributed by atoms with Crippen LogP contribution in [0.25, 0.3) is 5.65 Å². The maximum absolute atomic E-state index is 14.1. The lowest BCUT2D eigenvalue weighted by Crippen LogP contribution is -2.37. The van der Waals surface area contributed by atoms with Gasteiger partial charge in [-0.1, -0.05) is 6.07 Å². The highest BCUT2D eigenvalue weighted by atomic mass is 19.4. The Bertz CT molecular complexity index is 1310. The van der Waals surface area contributed by atoms with E-state index in [1.54, 1.807) is 16.9 Å². The molecule has 0 bridgehead atoms. The Labute approximate surface area is 219 Å². The summed E-state index contributed by atoms with van der Waals surface area (Å²) in [5, 5.41) is 11.4. The zero-order valence-corrected chi connectivity index (χ0v) is 21.8. The number of nitrogens with one attached hydrogen (secondary N) is 2. The molecule has 2 saturated heterocycles. The molecule has 12 heteroatoms. The van der Waals surface area contributed by atoms with E-state index in [4.69, 9.17) is 14.8 Å². The van der Waals surface area contributed by atoms with Crippen LogP contribution in [-0.4, -0.2) is 79.3 Å². The Kier molecular flexibility index (Phi) is 7.44. The van der Waals surface area contributed by atoms with Crippen molar-refractivity contribution in [3.8, 4) is 0 Å². The van der Waals surface area contributed by atoms with Crippen LogP contribution in [-0.2, 0) is 10.9 Å². The number of hydrogen-bond acceptors (Lipinski definition) is 7. The molecule has 0 saturated carbocycles. The van der Waals surface area contributed by atoms with E-state index < -0.39 is 11.7 Å². The number of aromatic nitrogens is 3. The van der Waals surface area contributed by atoms with E-state index in [1.165, 1.54) is 12.1 Å². The van der Waals surface area contributed by atoms with Crippen LogP contribution >= 0.6 is 0 Å². The average Bonchev–Trinajstić information content (AvgIpc) is 3.22. The predicted molar refractivity (Wildman–Crippen MR) is 142 cm³/mol. The molecule has 2 N–H and O–H groups in total. The largest absolute Gasteiger partial charge is 0.416 e. The first kappa shape index (κ1) is 26.2. The van der Waals surface area contributed by atoms with Crippen LogP contribution in [0.1, 0.15) is 35.6 Å². The van der Waals surface area contributed by atoms with Crippen LogP contribution in [0.3, 0.4) is 0 Å². The molecule has 0 aliphatic carbocycles. The van der Waals surface area contributed by atoms with Gasteiger partial charge < -0.3 is 25.2 Å². The standard InChI is InChI=1S/C26H33F3N8O/c1-17-24(33-20-6-4-5-19(26(27,28)29)23(20)18-7-9-30-10-8-18)37-25(32-17)21(31-16-35(2)3)15-22(34-37)36-11-13-38-14-12-36/h4-6,15-16,18,30,33H,7-14H2,1-3H3/b31-16+. The number of alkyl halides is 3. The number of ether oxygens (including phenoxy) is 1. The lowest BCUT2D eigenvalue weighted by atomic mass is 9.85. The van der Waals surface area contributed by atoms with Crippen LogP contribution in [0.2, 0.25) is 0 Å². The summed E-state index contributed by atoms with van der Waals surface area (Å²) in [4.78, 5) is 13.3. The van der Waals surface area contributed by atoms with Crippen molar-refractivity contribution in [1.82, 2.24) is 24.8 Å². The highest BCUT2D eigenvalue weighted by Crippen LogP contribution is 2.43. The zero-order valence-electron chi connectivity index (χ0n) is 21.8. The van der Waals surface area contributed by atoms with Gasteiger partial charge in [0.25, 0.3) is 0 Å². The number of nitrogens with zero attached hydrogens (tertiary/aromatic N) is 6. The molecule has 0 amide bonds. The molecule has 0 atom stereocenters. The summed E-state index contributed by atoms with van der Waals surface area (Å²) in [6, 6.07) is 6.23. The molecule has 2 fully saturated rings. The van der Waals surface area contributed by atoms with E-state index in [9.17, 15) is 13.2 Å². The monoisotopic (exact) mass is 530 g/mol. The fourth-order valence-electron chi connectivity index (χ4n) is 5.06. The first-order valence-electron chi connectivity index (χ1n) is 12.8. The Morgan fingerprint density at radius 3 is 2.61 bits per heavy atom. The number of imidazole rings is 1. The Morgan fingerprint density at radius 1 is 1.18 bits per heavy atom. The minimum Gasteiger partial charge on any atom is -0.378 e. The number of aliphatic imine (C=N–C) groups is 1. The Morgan fingerprint density at radius 2 is 1.92 bits per heavy atom. The molecule has 2 aromatic heterocycles. The number of aryl methyl sites for hydroxylation is 1. The molecular weight excluding hydrogens is 497 g/mol. The normalized spacial score (nSPS) is 17.5. The van der Waals surface area contributed by atoms with Gasteiger partial charge >= 0.3 is 6.18 Å². The summed E-state index contributed by atoms with van der Waals surface area (Å²) >= 11 is 0. The molecule has 9 nitrogen and oxygen atoms in total. The van der Waals surface area contributed by atoms with Crippen LogP contribution in [0.15, 0.2) is 29.3 Å². The van der Waals surface area contributed by atoms with Crippen LogP contribution in [0, 0.1) is 6.92 Å². The summed E-state index contributed by atoms with van der Waals surface area (Å²) in [6.07, 6.45) is -1.49. The zero-order chi connectivity index (χ0) is 26.9. The van der Waals surface area contributed by atoms with Crippen molar-refractivity contribution >= 4 is 35.0 Å². The summed E-state index contributed by atoms with van der Waals surface area (Å²) in [6.45, 7) is 5.73. The molecule has 0 radical (unpaired) electrons. The second kappa shape index (κ2) is 10.8. The van der Waals surface area contributed by atoms with Gasteiger partial charge in [0.15, 0.2) is 17.3 Å². The lowest BCUT2D eigenvalue weighted by molar-refractivity contribution is -0.138. The van der Waals surface area contributed by atoms with Crippen molar-refractivity contribution in [2.75, 3.05) is 63.7 Å². The van der Waals surface area contributed by atoms with Crippen molar-refractivity contribution in [3.05, 3.63) is 41.1 Å². The van der Waals surface area contributed by atoms with E-state index in [1.807, 2.05) is 32.0 Å². The van der Waals surface area contributed by atoms with Gasteiger partial charge in [0.05, 0.1) is 30.8 Å². The molecule has 2 aliphatic heterocycles. The number of piperidine rings is 1. The van der Waals surface area contributed by atoms with Gasteiger partial charge in [-0.15, -0.1) is 5.10 Å². The SMILES string of the molecule is Cc1nc2c(/N=C/N(C)C)cc(N3CCOCC3)nn2c1Nc1cccc(C(F)(F)F)c1C1CCNCC1. The third-order valence-corrected chi connectivity index (χ3v) is 6.90. The molecule has 1 aromatic carbocycles. The maximum Gasteiger partial charge on any atom is 0.416 e. The van der Waals surface area contributed by atoms with Crippen molar-refractivity contribution in [2.24, 2.45) is 4.99 Å². The smallest absolute Gasteiger partial charge is 0.378 e. The molecule has 38 heavy (non-hydrogen) atoms. The number of anilines is 3. The minimum absolute atomic E-state index is 0.215. The van der Waals surface area contributed by atoms with Crippen LogP contribution in [0.4, 0.5) is 36.2 Å². The molecule has 0 spiro atoms. The number of halogens is 3. The van der Waals surface area contributed by atoms with Crippen molar-refractivity contribution < 1.29 is 17.9 Å². The first-order valence-corrected chi connectivity index (χ1v) is 12.8. The minimum atomic E-state index is -4.46. The highest BCUT2D eigenvalue weighted by molar-refractivity contribution is 5.77. The lowest BCUT2D eigenvalue weighted by Gasteiger charge is -2.29. The van der Waals surface area contributed by atoms with Gasteiger partial charge in [0.1, 0.15) is 5.69 Å². The number of fused-ring (bicyclic) bond motifs is 1. The third-order valence-electron chi connectivity index (χ3n) is 6.90. The second-order valence-corrected chi connectivity index (χ2v) is 9.89. The number of benzene rings is 1. The molecule has 204 valence electrons. The second-order valence-electron chi connectivity index (χ2n) is 9.89. The van der Waals surface area contributed by atoms with Gasteiger partial charge in [0.2, 0.25) is 0 Å². The molecule has 2 aliphatic rings. The van der Waals surface area contributed by atoms with E-state index in [-0.39, 0.29) is 5.92 Å². The van der Waals surface area contributed by atoms with Crippen molar-refractivity contribution in [3.63, 3.8) is 0 Å². The van der Waals surface area contributed by atoms with Gasteiger partial charge in [0, 0.05) is 38.9 Å². The van der Waals surface area contributed by atoms with Crippen LogP contribution < -0.4 is 15.5 Å². The number of rotatable bonds is 6. The van der Waals surface area contributed by atoms with Gasteiger partial charge in [-0.2, -0.15) is 17.7 Å². The predicted octanol–water partition coefficient (Wildman–Crippen LogP) is 4.33. The summed E-state index contributed by atoms with van der Waals surface area (Å²) in [5.41, 5.74) is 1.88. The highest BCUT2D eigenvalue weighted by Gasteiger charge is 2.37. The average molecular weight is 531 g/mol. The molecule has 4 heterocycles. The number of morpholine rings is 1. The Balaban J connectivity index is 1.64. The summed E-state index contributed by atoms with van der Waals surface area (Å²) < 4.78 is 49.6. The summed E-state index contributed by atoms with van der Waals surface area (Å²) in [7, 11) is 3.76. The van der Waals surface area contributed by atoms with E-state index in [2.05, 4.69) is 20.5 Å². The molecule has 3 aromatic rings. The fraction of sp³-hybridized carbons (Fsp3) is 0.500. The quantitative estimate of drug-likeness (QED) is 0.363. The fourth-order valence-corrected chi connectivity index (χ4v) is 5.06. The first-order chi connectivity index (χ1) is 18.2. The summed E-state index contributed by atoms with van der Waals surface area (Å²) in [5.74, 6) is 1.01. The molecule has 0 unspecified atom stereocenters.